The minimum absolute atomic E-state index is 0.126. The molecule has 0 radical (unpaired) electrons. The number of imidazole rings is 1. The Kier molecular flexibility index (Phi) is 3.00. The van der Waals surface area contributed by atoms with Crippen LogP contribution in [0.4, 0.5) is 0 Å². The predicted molar refractivity (Wildman–Crippen MR) is 72.4 cm³/mol. The zero-order valence-corrected chi connectivity index (χ0v) is 11.0. The lowest BCUT2D eigenvalue weighted by Gasteiger charge is -2.11. The molecule has 19 heavy (non-hydrogen) atoms. The summed E-state index contributed by atoms with van der Waals surface area (Å²) in [6, 6.07) is 8.14. The number of aromatic amines is 1. The van der Waals surface area contributed by atoms with E-state index in [9.17, 15) is 0 Å². The maximum Gasteiger partial charge on any atom is 0.149 e. The van der Waals surface area contributed by atoms with E-state index in [0.717, 1.165) is 22.7 Å². The Morgan fingerprint density at radius 3 is 2.95 bits per heavy atom. The van der Waals surface area contributed by atoms with Gasteiger partial charge in [-0.1, -0.05) is 12.1 Å². The molecule has 0 saturated carbocycles. The van der Waals surface area contributed by atoms with E-state index in [0.29, 0.717) is 6.54 Å². The van der Waals surface area contributed by atoms with Crippen molar-refractivity contribution in [1.82, 2.24) is 30.0 Å². The zero-order valence-electron chi connectivity index (χ0n) is 11.0. The standard InChI is InChI=1S/C13H16N6/c1-9(13-18-15-8-19(13)2)14-7-12-16-10-5-3-4-6-11(10)17-12/h3-6,8-9,14H,7H2,1-2H3,(H,16,17). The van der Waals surface area contributed by atoms with Crippen molar-refractivity contribution in [2.24, 2.45) is 7.05 Å². The average Bonchev–Trinajstić information content (AvgIpc) is 3.01. The minimum Gasteiger partial charge on any atom is -0.341 e. The van der Waals surface area contributed by atoms with Crippen molar-refractivity contribution in [3.05, 3.63) is 42.2 Å². The largest absolute Gasteiger partial charge is 0.341 e. The first-order chi connectivity index (χ1) is 9.24. The first-order valence-electron chi connectivity index (χ1n) is 6.25. The second kappa shape index (κ2) is 4.81. The van der Waals surface area contributed by atoms with E-state index in [2.05, 4.69) is 32.4 Å². The summed E-state index contributed by atoms with van der Waals surface area (Å²) in [6.07, 6.45) is 1.70. The summed E-state index contributed by atoms with van der Waals surface area (Å²) in [5, 5.41) is 11.4. The summed E-state index contributed by atoms with van der Waals surface area (Å²) in [7, 11) is 1.94. The fraction of sp³-hybridized carbons (Fsp3) is 0.308. The van der Waals surface area contributed by atoms with Gasteiger partial charge < -0.3 is 14.9 Å². The van der Waals surface area contributed by atoms with Crippen LogP contribution < -0.4 is 5.32 Å². The van der Waals surface area contributed by atoms with E-state index in [1.165, 1.54) is 0 Å². The third-order valence-corrected chi connectivity index (χ3v) is 3.15. The van der Waals surface area contributed by atoms with Crippen molar-refractivity contribution in [2.75, 3.05) is 0 Å². The number of nitrogens with one attached hydrogen (secondary N) is 2. The highest BCUT2D eigenvalue weighted by atomic mass is 15.3. The monoisotopic (exact) mass is 256 g/mol. The van der Waals surface area contributed by atoms with Gasteiger partial charge in [-0.05, 0) is 19.1 Å². The Hall–Kier alpha value is -2.21. The van der Waals surface area contributed by atoms with Crippen molar-refractivity contribution in [1.29, 1.82) is 0 Å². The summed E-state index contributed by atoms with van der Waals surface area (Å²) >= 11 is 0. The normalized spacial score (nSPS) is 12.9. The Balaban J connectivity index is 1.70. The summed E-state index contributed by atoms with van der Waals surface area (Å²) in [5.74, 6) is 1.84. The topological polar surface area (TPSA) is 71.4 Å². The number of nitrogens with zero attached hydrogens (tertiary/aromatic N) is 4. The van der Waals surface area contributed by atoms with Crippen LogP contribution in [0.3, 0.4) is 0 Å². The molecule has 6 heteroatoms. The van der Waals surface area contributed by atoms with E-state index < -0.39 is 0 Å². The van der Waals surface area contributed by atoms with Crippen LogP contribution in [0.1, 0.15) is 24.6 Å². The Bertz CT molecular complexity index is 650. The van der Waals surface area contributed by atoms with E-state index in [1.54, 1.807) is 6.33 Å². The molecule has 3 aromatic rings. The number of fused-ring (bicyclic) bond motifs is 1. The molecule has 0 fully saturated rings. The molecule has 1 atom stereocenters. The third kappa shape index (κ3) is 2.34. The minimum atomic E-state index is 0.126. The van der Waals surface area contributed by atoms with Gasteiger partial charge in [-0.3, -0.25) is 0 Å². The lowest BCUT2D eigenvalue weighted by atomic mass is 10.3. The van der Waals surface area contributed by atoms with Crippen LogP contribution in [-0.4, -0.2) is 24.7 Å². The molecule has 2 heterocycles. The molecule has 0 bridgehead atoms. The number of benzene rings is 1. The number of aryl methyl sites for hydroxylation is 1. The molecule has 2 aromatic heterocycles. The number of rotatable bonds is 4. The second-order valence-electron chi connectivity index (χ2n) is 4.60. The van der Waals surface area contributed by atoms with Crippen molar-refractivity contribution in [2.45, 2.75) is 19.5 Å². The number of hydrogen-bond donors (Lipinski definition) is 2. The van der Waals surface area contributed by atoms with Crippen LogP contribution in [0.25, 0.3) is 11.0 Å². The van der Waals surface area contributed by atoms with Crippen LogP contribution in [-0.2, 0) is 13.6 Å². The first kappa shape index (κ1) is 11.9. The molecule has 1 unspecified atom stereocenters. The first-order valence-corrected chi connectivity index (χ1v) is 6.25. The maximum absolute atomic E-state index is 4.53. The van der Waals surface area contributed by atoms with Crippen LogP contribution in [0.5, 0.6) is 0 Å². The van der Waals surface area contributed by atoms with Crippen molar-refractivity contribution in [3.63, 3.8) is 0 Å². The summed E-state index contributed by atoms with van der Waals surface area (Å²) in [5.41, 5.74) is 2.05. The molecule has 0 saturated heterocycles. The zero-order chi connectivity index (χ0) is 13.2. The van der Waals surface area contributed by atoms with Crippen LogP contribution in [0, 0.1) is 0 Å². The molecular formula is C13H16N6. The number of para-hydroxylation sites is 2. The Labute approximate surface area is 110 Å². The maximum atomic E-state index is 4.53. The molecular weight excluding hydrogens is 240 g/mol. The van der Waals surface area contributed by atoms with Crippen molar-refractivity contribution < 1.29 is 0 Å². The molecule has 0 aliphatic heterocycles. The lowest BCUT2D eigenvalue weighted by Crippen LogP contribution is -2.21. The van der Waals surface area contributed by atoms with Gasteiger partial charge in [0.2, 0.25) is 0 Å². The third-order valence-electron chi connectivity index (χ3n) is 3.15. The van der Waals surface area contributed by atoms with Crippen LogP contribution in [0.2, 0.25) is 0 Å². The van der Waals surface area contributed by atoms with E-state index >= 15 is 0 Å². The predicted octanol–water partition coefficient (Wildman–Crippen LogP) is 1.54. The average molecular weight is 256 g/mol. The Morgan fingerprint density at radius 1 is 1.37 bits per heavy atom. The van der Waals surface area contributed by atoms with Crippen molar-refractivity contribution >= 4 is 11.0 Å². The molecule has 3 rings (SSSR count). The molecule has 6 nitrogen and oxygen atoms in total. The van der Waals surface area contributed by atoms with Crippen LogP contribution in [0.15, 0.2) is 30.6 Å². The second-order valence-corrected chi connectivity index (χ2v) is 4.60. The molecule has 1 aromatic carbocycles. The molecule has 0 amide bonds. The van der Waals surface area contributed by atoms with Gasteiger partial charge in [0.25, 0.3) is 0 Å². The van der Waals surface area contributed by atoms with Gasteiger partial charge in [0.05, 0.1) is 23.6 Å². The highest BCUT2D eigenvalue weighted by molar-refractivity contribution is 5.74. The van der Waals surface area contributed by atoms with E-state index in [4.69, 9.17) is 0 Å². The molecule has 98 valence electrons. The highest BCUT2D eigenvalue weighted by Crippen LogP contribution is 2.12. The molecule has 0 aliphatic rings. The lowest BCUT2D eigenvalue weighted by molar-refractivity contribution is 0.520. The van der Waals surface area contributed by atoms with E-state index in [-0.39, 0.29) is 6.04 Å². The van der Waals surface area contributed by atoms with Crippen molar-refractivity contribution in [3.8, 4) is 0 Å². The van der Waals surface area contributed by atoms with Gasteiger partial charge in [0.15, 0.2) is 0 Å². The summed E-state index contributed by atoms with van der Waals surface area (Å²) in [4.78, 5) is 7.82. The highest BCUT2D eigenvalue weighted by Gasteiger charge is 2.11. The van der Waals surface area contributed by atoms with E-state index in [1.807, 2.05) is 35.9 Å². The SMILES string of the molecule is CC(NCc1nc2ccccc2[nH]1)c1nncn1C. The number of aromatic nitrogens is 5. The van der Waals surface area contributed by atoms with Crippen LogP contribution >= 0.6 is 0 Å². The molecule has 2 N–H and O–H groups in total. The van der Waals surface area contributed by atoms with Gasteiger partial charge in [-0.2, -0.15) is 0 Å². The summed E-state index contributed by atoms with van der Waals surface area (Å²) < 4.78 is 1.91. The summed E-state index contributed by atoms with van der Waals surface area (Å²) in [6.45, 7) is 2.73. The van der Waals surface area contributed by atoms with Gasteiger partial charge in [0.1, 0.15) is 18.0 Å². The molecule has 0 aliphatic carbocycles. The quantitative estimate of drug-likeness (QED) is 0.743. The van der Waals surface area contributed by atoms with Gasteiger partial charge in [0, 0.05) is 7.05 Å². The fourth-order valence-corrected chi connectivity index (χ4v) is 2.11. The smallest absolute Gasteiger partial charge is 0.149 e. The Morgan fingerprint density at radius 2 is 2.21 bits per heavy atom. The van der Waals surface area contributed by atoms with Gasteiger partial charge >= 0.3 is 0 Å². The molecule has 0 spiro atoms. The number of H-pyrrole nitrogens is 1. The van der Waals surface area contributed by atoms with Gasteiger partial charge in [-0.25, -0.2) is 4.98 Å². The fourth-order valence-electron chi connectivity index (χ4n) is 2.11. The number of hydrogen-bond acceptors (Lipinski definition) is 4. The van der Waals surface area contributed by atoms with Gasteiger partial charge in [-0.15, -0.1) is 10.2 Å².